The van der Waals surface area contributed by atoms with E-state index >= 15 is 0 Å². The van der Waals surface area contributed by atoms with Crippen LogP contribution < -0.4 is 5.32 Å². The van der Waals surface area contributed by atoms with Crippen molar-refractivity contribution in [1.29, 1.82) is 0 Å². The van der Waals surface area contributed by atoms with Crippen LogP contribution in [0.3, 0.4) is 0 Å². The van der Waals surface area contributed by atoms with Crippen molar-refractivity contribution < 1.29 is 0 Å². The minimum Gasteiger partial charge on any atom is -0.314 e. The molecule has 0 spiro atoms. The molecule has 1 N–H and O–H groups in total. The number of nitrogens with one attached hydrogen (secondary N) is 1. The summed E-state index contributed by atoms with van der Waals surface area (Å²) in [6, 6.07) is 0.637. The molecule has 0 aliphatic heterocycles. The maximum atomic E-state index is 3.62. The van der Waals surface area contributed by atoms with Crippen LogP contribution in [0.2, 0.25) is 0 Å². The molecule has 0 heterocycles. The first-order valence-electron chi connectivity index (χ1n) is 7.31. The lowest BCUT2D eigenvalue weighted by Gasteiger charge is -2.24. The van der Waals surface area contributed by atoms with E-state index in [2.05, 4.69) is 33.0 Å². The second kappa shape index (κ2) is 7.32. The Labute approximate surface area is 102 Å². The van der Waals surface area contributed by atoms with Crippen molar-refractivity contribution >= 4 is 0 Å². The van der Waals surface area contributed by atoms with Crippen LogP contribution in [-0.4, -0.2) is 12.6 Å². The van der Waals surface area contributed by atoms with Gasteiger partial charge in [0, 0.05) is 6.04 Å². The molecule has 1 heteroatoms. The van der Waals surface area contributed by atoms with Crippen molar-refractivity contribution in [3.05, 3.63) is 0 Å². The van der Waals surface area contributed by atoms with E-state index in [4.69, 9.17) is 0 Å². The topological polar surface area (TPSA) is 12.0 Å². The van der Waals surface area contributed by atoms with Gasteiger partial charge < -0.3 is 5.32 Å². The van der Waals surface area contributed by atoms with Gasteiger partial charge in [-0.05, 0) is 37.1 Å². The van der Waals surface area contributed by atoms with Crippen LogP contribution in [0.5, 0.6) is 0 Å². The molecule has 96 valence electrons. The standard InChI is InChI=1S/C15H31N/c1-12(2)9-15(11-16-13(3)4)10-14-7-5-6-8-14/h12-16H,5-11H2,1-4H3. The summed E-state index contributed by atoms with van der Waals surface area (Å²) in [7, 11) is 0. The van der Waals surface area contributed by atoms with Crippen molar-refractivity contribution in [1.82, 2.24) is 5.32 Å². The summed E-state index contributed by atoms with van der Waals surface area (Å²) in [5, 5.41) is 3.62. The van der Waals surface area contributed by atoms with Gasteiger partial charge >= 0.3 is 0 Å². The maximum Gasteiger partial charge on any atom is 0.00104 e. The lowest BCUT2D eigenvalue weighted by atomic mass is 9.87. The monoisotopic (exact) mass is 225 g/mol. The van der Waals surface area contributed by atoms with Crippen LogP contribution >= 0.6 is 0 Å². The van der Waals surface area contributed by atoms with E-state index in [0.29, 0.717) is 6.04 Å². The SMILES string of the molecule is CC(C)CC(CNC(C)C)CC1CCCC1. The summed E-state index contributed by atoms with van der Waals surface area (Å²) < 4.78 is 0. The first-order valence-corrected chi connectivity index (χ1v) is 7.31. The maximum absolute atomic E-state index is 3.62. The van der Waals surface area contributed by atoms with Gasteiger partial charge in [-0.1, -0.05) is 53.4 Å². The van der Waals surface area contributed by atoms with Gasteiger partial charge in [0.2, 0.25) is 0 Å². The summed E-state index contributed by atoms with van der Waals surface area (Å²) in [4.78, 5) is 0. The van der Waals surface area contributed by atoms with E-state index in [9.17, 15) is 0 Å². The van der Waals surface area contributed by atoms with Gasteiger partial charge in [0.15, 0.2) is 0 Å². The molecule has 1 unspecified atom stereocenters. The average Bonchev–Trinajstić information content (AvgIpc) is 2.66. The molecular formula is C15H31N. The van der Waals surface area contributed by atoms with Crippen LogP contribution in [0.1, 0.15) is 66.2 Å². The molecule has 1 rings (SSSR count). The van der Waals surface area contributed by atoms with Crippen LogP contribution in [-0.2, 0) is 0 Å². The Hall–Kier alpha value is -0.0400. The molecule has 1 aliphatic carbocycles. The van der Waals surface area contributed by atoms with E-state index in [1.54, 1.807) is 0 Å². The highest BCUT2D eigenvalue weighted by atomic mass is 14.9. The zero-order valence-corrected chi connectivity index (χ0v) is 11.8. The molecule has 0 aromatic rings. The van der Waals surface area contributed by atoms with Gasteiger partial charge in [0.1, 0.15) is 0 Å². The molecule has 0 aromatic heterocycles. The Kier molecular flexibility index (Phi) is 6.41. The zero-order chi connectivity index (χ0) is 12.0. The molecule has 16 heavy (non-hydrogen) atoms. The summed E-state index contributed by atoms with van der Waals surface area (Å²) in [5.74, 6) is 2.79. The highest BCUT2D eigenvalue weighted by molar-refractivity contribution is 4.74. The molecule has 1 atom stereocenters. The molecule has 1 nitrogen and oxygen atoms in total. The molecular weight excluding hydrogens is 194 g/mol. The van der Waals surface area contributed by atoms with Crippen LogP contribution in [0.4, 0.5) is 0 Å². The molecule has 1 saturated carbocycles. The lowest BCUT2D eigenvalue weighted by molar-refractivity contribution is 0.304. The second-order valence-electron chi connectivity index (χ2n) is 6.44. The van der Waals surface area contributed by atoms with E-state index in [1.807, 2.05) is 0 Å². The minimum absolute atomic E-state index is 0.637. The highest BCUT2D eigenvalue weighted by Crippen LogP contribution is 2.32. The van der Waals surface area contributed by atoms with Gasteiger partial charge in [0.25, 0.3) is 0 Å². The quantitative estimate of drug-likeness (QED) is 0.684. The first-order chi connectivity index (χ1) is 7.58. The van der Waals surface area contributed by atoms with Crippen LogP contribution in [0.15, 0.2) is 0 Å². The van der Waals surface area contributed by atoms with Gasteiger partial charge in [0.05, 0.1) is 0 Å². The third kappa shape index (κ3) is 5.89. The summed E-state index contributed by atoms with van der Waals surface area (Å²) >= 11 is 0. The van der Waals surface area contributed by atoms with Crippen molar-refractivity contribution in [2.75, 3.05) is 6.54 Å². The molecule has 1 aliphatic rings. The molecule has 0 bridgehead atoms. The fourth-order valence-electron chi connectivity index (χ4n) is 3.05. The van der Waals surface area contributed by atoms with E-state index < -0.39 is 0 Å². The Morgan fingerprint density at radius 2 is 1.69 bits per heavy atom. The normalized spacial score (nSPS) is 19.9. The Balaban J connectivity index is 2.29. The van der Waals surface area contributed by atoms with Gasteiger partial charge in [-0.3, -0.25) is 0 Å². The summed E-state index contributed by atoms with van der Waals surface area (Å²) in [6.07, 6.45) is 8.83. The number of hydrogen-bond donors (Lipinski definition) is 1. The third-order valence-electron chi connectivity index (χ3n) is 3.76. The van der Waals surface area contributed by atoms with Crippen molar-refractivity contribution in [3.63, 3.8) is 0 Å². The van der Waals surface area contributed by atoms with E-state index in [0.717, 1.165) is 17.8 Å². The van der Waals surface area contributed by atoms with E-state index in [1.165, 1.54) is 45.1 Å². The second-order valence-corrected chi connectivity index (χ2v) is 6.44. The van der Waals surface area contributed by atoms with Gasteiger partial charge in [-0.25, -0.2) is 0 Å². The molecule has 0 saturated heterocycles. The molecule has 0 radical (unpaired) electrons. The Morgan fingerprint density at radius 3 is 2.19 bits per heavy atom. The molecule has 0 amide bonds. The third-order valence-corrected chi connectivity index (χ3v) is 3.76. The van der Waals surface area contributed by atoms with Gasteiger partial charge in [-0.15, -0.1) is 0 Å². The first kappa shape index (κ1) is 14.0. The van der Waals surface area contributed by atoms with Crippen molar-refractivity contribution in [2.24, 2.45) is 17.8 Å². The smallest absolute Gasteiger partial charge is 0.00104 e. The zero-order valence-electron chi connectivity index (χ0n) is 11.8. The Bertz CT molecular complexity index is 168. The van der Waals surface area contributed by atoms with Gasteiger partial charge in [-0.2, -0.15) is 0 Å². The lowest BCUT2D eigenvalue weighted by Crippen LogP contribution is -2.30. The molecule has 0 aromatic carbocycles. The summed E-state index contributed by atoms with van der Waals surface area (Å²) in [6.45, 7) is 10.4. The van der Waals surface area contributed by atoms with Crippen molar-refractivity contribution in [3.8, 4) is 0 Å². The summed E-state index contributed by atoms with van der Waals surface area (Å²) in [5.41, 5.74) is 0. The van der Waals surface area contributed by atoms with Crippen LogP contribution in [0.25, 0.3) is 0 Å². The average molecular weight is 225 g/mol. The fourth-order valence-corrected chi connectivity index (χ4v) is 3.05. The van der Waals surface area contributed by atoms with E-state index in [-0.39, 0.29) is 0 Å². The predicted octanol–water partition coefficient (Wildman–Crippen LogP) is 4.23. The minimum atomic E-state index is 0.637. The highest BCUT2D eigenvalue weighted by Gasteiger charge is 2.20. The van der Waals surface area contributed by atoms with Crippen LogP contribution in [0, 0.1) is 17.8 Å². The number of hydrogen-bond acceptors (Lipinski definition) is 1. The largest absolute Gasteiger partial charge is 0.314 e. The fraction of sp³-hybridized carbons (Fsp3) is 1.00. The van der Waals surface area contributed by atoms with Crippen molar-refractivity contribution in [2.45, 2.75) is 72.3 Å². The molecule has 1 fully saturated rings. The predicted molar refractivity (Wildman–Crippen MR) is 72.7 cm³/mol. The number of rotatable bonds is 7. The Morgan fingerprint density at radius 1 is 1.06 bits per heavy atom.